The lowest BCUT2D eigenvalue weighted by Crippen LogP contribution is -1.93. The van der Waals surface area contributed by atoms with Crippen molar-refractivity contribution >= 4 is 29.6 Å². The maximum absolute atomic E-state index is 11.0. The number of hydrogen-bond acceptors (Lipinski definition) is 3. The highest BCUT2D eigenvalue weighted by Crippen LogP contribution is 2.31. The molecule has 0 N–H and O–H groups in total. The molecule has 0 atom stereocenters. The van der Waals surface area contributed by atoms with Gasteiger partial charge in [-0.2, -0.15) is 5.10 Å². The highest BCUT2D eigenvalue weighted by molar-refractivity contribution is 7.99. The fourth-order valence-corrected chi connectivity index (χ4v) is 2.62. The second-order valence-electron chi connectivity index (χ2n) is 3.60. The molecule has 3 nitrogen and oxygen atoms in total. The number of aromatic nitrogens is 2. The van der Waals surface area contributed by atoms with E-state index >= 15 is 0 Å². The predicted octanol–water partition coefficient (Wildman–Crippen LogP) is 3.35. The highest BCUT2D eigenvalue weighted by Gasteiger charge is 2.13. The Hall–Kier alpha value is -1.26. The molecule has 0 unspecified atom stereocenters. The Kier molecular flexibility index (Phi) is 3.54. The quantitative estimate of drug-likeness (QED) is 0.799. The van der Waals surface area contributed by atoms with Gasteiger partial charge in [0.1, 0.15) is 5.03 Å². The molecule has 0 fully saturated rings. The van der Waals surface area contributed by atoms with Gasteiger partial charge in [0.15, 0.2) is 6.29 Å². The minimum atomic E-state index is 0.646. The summed E-state index contributed by atoms with van der Waals surface area (Å²) in [4.78, 5) is 12.0. The zero-order valence-electron chi connectivity index (χ0n) is 9.48. The van der Waals surface area contributed by atoms with Gasteiger partial charge < -0.3 is 0 Å². The van der Waals surface area contributed by atoms with E-state index in [1.54, 1.807) is 4.68 Å². The maximum Gasteiger partial charge on any atom is 0.154 e. The fraction of sp³-hybridized carbons (Fsp3) is 0.167. The van der Waals surface area contributed by atoms with Crippen LogP contribution in [0.1, 0.15) is 16.1 Å². The van der Waals surface area contributed by atoms with Crippen LogP contribution in [-0.2, 0) is 7.05 Å². The van der Waals surface area contributed by atoms with Crippen LogP contribution in [0.25, 0.3) is 0 Å². The van der Waals surface area contributed by atoms with Gasteiger partial charge in [-0.3, -0.25) is 9.48 Å². The van der Waals surface area contributed by atoms with E-state index in [2.05, 4.69) is 5.10 Å². The normalized spacial score (nSPS) is 10.5. The lowest BCUT2D eigenvalue weighted by atomic mass is 10.3. The Morgan fingerprint density at radius 1 is 1.35 bits per heavy atom. The predicted molar refractivity (Wildman–Crippen MR) is 68.9 cm³/mol. The Morgan fingerprint density at radius 3 is 2.59 bits per heavy atom. The van der Waals surface area contributed by atoms with Gasteiger partial charge in [0.2, 0.25) is 0 Å². The number of aryl methyl sites for hydroxylation is 2. The maximum atomic E-state index is 11.0. The highest BCUT2D eigenvalue weighted by atomic mass is 35.5. The van der Waals surface area contributed by atoms with E-state index in [9.17, 15) is 4.79 Å². The Balaban J connectivity index is 2.35. The first-order valence-electron chi connectivity index (χ1n) is 5.04. The summed E-state index contributed by atoms with van der Waals surface area (Å²) in [6, 6.07) is 7.50. The number of rotatable bonds is 3. The molecule has 2 aromatic rings. The molecule has 0 radical (unpaired) electrons. The first kappa shape index (κ1) is 12.2. The average Bonchev–Trinajstić information content (AvgIpc) is 2.57. The molecule has 1 heterocycles. The summed E-state index contributed by atoms with van der Waals surface area (Å²) in [5.41, 5.74) is 1.39. The molecule has 0 bridgehead atoms. The minimum Gasteiger partial charge on any atom is -0.298 e. The number of nitrogens with zero attached hydrogens (tertiary/aromatic N) is 2. The monoisotopic (exact) mass is 266 g/mol. The molecular weight excluding hydrogens is 256 g/mol. The molecule has 0 aliphatic heterocycles. The molecule has 0 amide bonds. The van der Waals surface area contributed by atoms with Gasteiger partial charge in [0.25, 0.3) is 0 Å². The van der Waals surface area contributed by atoms with Gasteiger partial charge >= 0.3 is 0 Å². The van der Waals surface area contributed by atoms with Crippen LogP contribution in [0.15, 0.2) is 34.2 Å². The summed E-state index contributed by atoms with van der Waals surface area (Å²) >= 11 is 7.33. The zero-order chi connectivity index (χ0) is 12.4. The van der Waals surface area contributed by atoms with Crippen LogP contribution in [0, 0.1) is 6.92 Å². The molecule has 1 aromatic heterocycles. The van der Waals surface area contributed by atoms with Crippen LogP contribution in [0.5, 0.6) is 0 Å². The Morgan fingerprint density at radius 2 is 2.00 bits per heavy atom. The summed E-state index contributed by atoms with van der Waals surface area (Å²) in [5, 5.41) is 5.78. The van der Waals surface area contributed by atoms with E-state index in [0.29, 0.717) is 10.6 Å². The van der Waals surface area contributed by atoms with Crippen LogP contribution in [-0.4, -0.2) is 16.1 Å². The Labute approximate surface area is 109 Å². The molecule has 1 aromatic carbocycles. The van der Waals surface area contributed by atoms with Gasteiger partial charge in [-0.05, 0) is 31.2 Å². The van der Waals surface area contributed by atoms with Gasteiger partial charge in [0.05, 0.1) is 11.3 Å². The molecule has 0 saturated carbocycles. The molecule has 17 heavy (non-hydrogen) atoms. The third kappa shape index (κ3) is 2.53. The molecule has 0 aliphatic carbocycles. The SMILES string of the molecule is Cc1nn(C)c(Sc2ccc(Cl)cc2)c1C=O. The van der Waals surface area contributed by atoms with Crippen molar-refractivity contribution in [2.24, 2.45) is 7.05 Å². The summed E-state index contributed by atoms with van der Waals surface area (Å²) < 4.78 is 1.72. The van der Waals surface area contributed by atoms with Crippen molar-refractivity contribution in [1.29, 1.82) is 0 Å². The standard InChI is InChI=1S/C12H11ClN2OS/c1-8-11(7-16)12(15(2)14-8)17-10-5-3-9(13)4-6-10/h3-7H,1-2H3. The van der Waals surface area contributed by atoms with Crippen LogP contribution in [0.4, 0.5) is 0 Å². The van der Waals surface area contributed by atoms with Crippen molar-refractivity contribution in [2.75, 3.05) is 0 Å². The van der Waals surface area contributed by atoms with Crippen LogP contribution in [0.3, 0.4) is 0 Å². The molecular formula is C12H11ClN2OS. The third-order valence-electron chi connectivity index (χ3n) is 2.36. The van der Waals surface area contributed by atoms with E-state index in [1.807, 2.05) is 38.2 Å². The van der Waals surface area contributed by atoms with Crippen LogP contribution >= 0.6 is 23.4 Å². The lowest BCUT2D eigenvalue weighted by Gasteiger charge is -2.03. The smallest absolute Gasteiger partial charge is 0.154 e. The lowest BCUT2D eigenvalue weighted by molar-refractivity contribution is 0.112. The second kappa shape index (κ2) is 4.94. The topological polar surface area (TPSA) is 34.9 Å². The first-order chi connectivity index (χ1) is 8.11. The number of carbonyl (C=O) groups excluding carboxylic acids is 1. The fourth-order valence-electron chi connectivity index (χ4n) is 1.52. The number of benzene rings is 1. The van der Waals surface area contributed by atoms with Crippen LogP contribution < -0.4 is 0 Å². The molecule has 88 valence electrons. The molecule has 0 saturated heterocycles. The zero-order valence-corrected chi connectivity index (χ0v) is 11.0. The van der Waals surface area contributed by atoms with E-state index in [4.69, 9.17) is 11.6 Å². The molecule has 0 spiro atoms. The van der Waals surface area contributed by atoms with Gasteiger partial charge in [-0.1, -0.05) is 23.4 Å². The summed E-state index contributed by atoms with van der Waals surface area (Å²) in [6.07, 6.45) is 0.848. The number of hydrogen-bond donors (Lipinski definition) is 0. The van der Waals surface area contributed by atoms with Crippen molar-refractivity contribution in [1.82, 2.24) is 9.78 Å². The summed E-state index contributed by atoms with van der Waals surface area (Å²) in [6.45, 7) is 1.83. The van der Waals surface area contributed by atoms with Crippen LogP contribution in [0.2, 0.25) is 5.02 Å². The molecule has 0 aliphatic rings. The Bertz CT molecular complexity index is 548. The average molecular weight is 267 g/mol. The number of halogens is 1. The van der Waals surface area contributed by atoms with Gasteiger partial charge in [-0.25, -0.2) is 0 Å². The van der Waals surface area contributed by atoms with Crippen molar-refractivity contribution in [3.05, 3.63) is 40.5 Å². The molecule has 2 rings (SSSR count). The third-order valence-corrected chi connectivity index (χ3v) is 3.80. The van der Waals surface area contributed by atoms with Crippen molar-refractivity contribution < 1.29 is 4.79 Å². The van der Waals surface area contributed by atoms with E-state index < -0.39 is 0 Å². The summed E-state index contributed by atoms with van der Waals surface area (Å²) in [7, 11) is 1.83. The van der Waals surface area contributed by atoms with Crippen molar-refractivity contribution in [2.45, 2.75) is 16.8 Å². The minimum absolute atomic E-state index is 0.646. The molecule has 5 heteroatoms. The van der Waals surface area contributed by atoms with Gasteiger partial charge in [-0.15, -0.1) is 0 Å². The van der Waals surface area contributed by atoms with E-state index in [1.165, 1.54) is 11.8 Å². The largest absolute Gasteiger partial charge is 0.298 e. The van der Waals surface area contributed by atoms with E-state index in [-0.39, 0.29) is 0 Å². The van der Waals surface area contributed by atoms with E-state index in [0.717, 1.165) is 21.9 Å². The van der Waals surface area contributed by atoms with Crippen molar-refractivity contribution in [3.8, 4) is 0 Å². The van der Waals surface area contributed by atoms with Crippen molar-refractivity contribution in [3.63, 3.8) is 0 Å². The number of aldehydes is 1. The number of carbonyl (C=O) groups is 1. The summed E-state index contributed by atoms with van der Waals surface area (Å²) in [5.74, 6) is 0. The first-order valence-corrected chi connectivity index (χ1v) is 6.23. The second-order valence-corrected chi connectivity index (χ2v) is 5.10. The van der Waals surface area contributed by atoms with Gasteiger partial charge in [0, 0.05) is 17.0 Å².